The molecule has 0 atom stereocenters. The number of ether oxygens (including phenoxy) is 2. The molecule has 0 saturated heterocycles. The van der Waals surface area contributed by atoms with E-state index in [1.807, 2.05) is 0 Å². The van der Waals surface area contributed by atoms with Crippen LogP contribution in [-0.4, -0.2) is 46.2 Å². The molecule has 0 aliphatic heterocycles. The highest BCUT2D eigenvalue weighted by atomic mass is 32.2. The Bertz CT molecular complexity index is 930. The molecule has 0 unspecified atom stereocenters. The standard InChI is InChI=1S/C16H15NO7S2/c1-23-16(20)14-12(7-8-25-14)17-13(18)9-24-15(19)10-3-5-11(6-4-10)26(2,21)22/h3-8H,9H2,1-2H3,(H,17,18). The van der Waals surface area contributed by atoms with Crippen LogP contribution in [0.15, 0.2) is 40.6 Å². The molecule has 0 saturated carbocycles. The summed E-state index contributed by atoms with van der Waals surface area (Å²) in [5.74, 6) is -1.99. The van der Waals surface area contributed by atoms with E-state index in [4.69, 9.17) is 4.74 Å². The molecule has 0 radical (unpaired) electrons. The molecular weight excluding hydrogens is 382 g/mol. The highest BCUT2D eigenvalue weighted by molar-refractivity contribution is 7.90. The lowest BCUT2D eigenvalue weighted by Gasteiger charge is -2.07. The van der Waals surface area contributed by atoms with Gasteiger partial charge in [-0.3, -0.25) is 4.79 Å². The lowest BCUT2D eigenvalue weighted by molar-refractivity contribution is -0.119. The lowest BCUT2D eigenvalue weighted by atomic mass is 10.2. The number of thiophene rings is 1. The Hall–Kier alpha value is -2.72. The number of anilines is 1. The number of hydrogen-bond donors (Lipinski definition) is 1. The van der Waals surface area contributed by atoms with Crippen molar-refractivity contribution in [3.05, 3.63) is 46.2 Å². The minimum Gasteiger partial charge on any atom is -0.465 e. The molecule has 1 aromatic heterocycles. The molecule has 10 heteroatoms. The third-order valence-electron chi connectivity index (χ3n) is 3.16. The van der Waals surface area contributed by atoms with Gasteiger partial charge < -0.3 is 14.8 Å². The van der Waals surface area contributed by atoms with Crippen molar-refractivity contribution in [2.45, 2.75) is 4.90 Å². The number of methoxy groups -OCH3 is 1. The second-order valence-electron chi connectivity index (χ2n) is 5.08. The third kappa shape index (κ3) is 4.90. The van der Waals surface area contributed by atoms with Crippen LogP contribution in [0.2, 0.25) is 0 Å². The Morgan fingerprint density at radius 3 is 2.31 bits per heavy atom. The van der Waals surface area contributed by atoms with Crippen LogP contribution in [-0.2, 0) is 24.1 Å². The first-order chi connectivity index (χ1) is 12.2. The van der Waals surface area contributed by atoms with E-state index in [2.05, 4.69) is 10.1 Å². The molecule has 1 amide bonds. The van der Waals surface area contributed by atoms with Gasteiger partial charge in [-0.2, -0.15) is 0 Å². The van der Waals surface area contributed by atoms with Crippen molar-refractivity contribution in [2.24, 2.45) is 0 Å². The van der Waals surface area contributed by atoms with Crippen molar-refractivity contribution in [3.8, 4) is 0 Å². The van der Waals surface area contributed by atoms with Gasteiger partial charge in [0.15, 0.2) is 16.4 Å². The van der Waals surface area contributed by atoms with Gasteiger partial charge in [0.05, 0.1) is 23.3 Å². The van der Waals surface area contributed by atoms with E-state index in [-0.39, 0.29) is 21.0 Å². The predicted octanol–water partition coefficient (Wildman–Crippen LogP) is 1.73. The maximum absolute atomic E-state index is 11.9. The summed E-state index contributed by atoms with van der Waals surface area (Å²) in [7, 11) is -2.14. The minimum atomic E-state index is -3.37. The predicted molar refractivity (Wildman–Crippen MR) is 94.1 cm³/mol. The average molecular weight is 397 g/mol. The molecule has 1 N–H and O–H groups in total. The number of carbonyl (C=O) groups excluding carboxylic acids is 3. The smallest absolute Gasteiger partial charge is 0.350 e. The second-order valence-corrected chi connectivity index (χ2v) is 8.01. The Kier molecular flexibility index (Phi) is 6.11. The molecule has 26 heavy (non-hydrogen) atoms. The summed E-state index contributed by atoms with van der Waals surface area (Å²) >= 11 is 1.10. The van der Waals surface area contributed by atoms with E-state index in [1.54, 1.807) is 5.38 Å². The van der Waals surface area contributed by atoms with E-state index in [1.165, 1.54) is 37.4 Å². The lowest BCUT2D eigenvalue weighted by Crippen LogP contribution is -2.21. The number of carbonyl (C=O) groups is 3. The molecule has 138 valence electrons. The summed E-state index contributed by atoms with van der Waals surface area (Å²) in [5.41, 5.74) is 0.372. The second kappa shape index (κ2) is 8.11. The van der Waals surface area contributed by atoms with Crippen LogP contribution in [0.4, 0.5) is 5.69 Å². The first kappa shape index (κ1) is 19.6. The van der Waals surface area contributed by atoms with Crippen molar-refractivity contribution in [3.63, 3.8) is 0 Å². The van der Waals surface area contributed by atoms with Crippen molar-refractivity contribution in [2.75, 3.05) is 25.3 Å². The van der Waals surface area contributed by atoms with Crippen LogP contribution in [0.5, 0.6) is 0 Å². The summed E-state index contributed by atoms with van der Waals surface area (Å²) in [6.07, 6.45) is 1.05. The maximum Gasteiger partial charge on any atom is 0.350 e. The molecule has 1 aromatic carbocycles. The fourth-order valence-corrected chi connectivity index (χ4v) is 3.29. The molecule has 0 aliphatic rings. The van der Waals surface area contributed by atoms with Gasteiger partial charge in [0.2, 0.25) is 0 Å². The zero-order valence-electron chi connectivity index (χ0n) is 13.8. The fourth-order valence-electron chi connectivity index (χ4n) is 1.90. The molecule has 2 aromatic rings. The van der Waals surface area contributed by atoms with Gasteiger partial charge in [-0.15, -0.1) is 11.3 Å². The minimum absolute atomic E-state index is 0.0691. The van der Waals surface area contributed by atoms with Gasteiger partial charge in [-0.1, -0.05) is 0 Å². The maximum atomic E-state index is 11.9. The van der Waals surface area contributed by atoms with Crippen LogP contribution in [0, 0.1) is 0 Å². The number of nitrogens with one attached hydrogen (secondary N) is 1. The van der Waals surface area contributed by atoms with E-state index >= 15 is 0 Å². The van der Waals surface area contributed by atoms with E-state index in [0.29, 0.717) is 0 Å². The number of rotatable bonds is 6. The number of sulfone groups is 1. The Morgan fingerprint density at radius 2 is 1.73 bits per heavy atom. The molecule has 0 fully saturated rings. The molecule has 0 bridgehead atoms. The molecule has 0 spiro atoms. The SMILES string of the molecule is COC(=O)c1sccc1NC(=O)COC(=O)c1ccc(S(C)(=O)=O)cc1. The summed E-state index contributed by atoms with van der Waals surface area (Å²) in [5, 5.41) is 4.06. The van der Waals surface area contributed by atoms with Gasteiger partial charge in [-0.25, -0.2) is 18.0 Å². The Balaban J connectivity index is 1.94. The van der Waals surface area contributed by atoms with Crippen molar-refractivity contribution >= 4 is 44.7 Å². The number of esters is 2. The van der Waals surface area contributed by atoms with Crippen LogP contribution in [0.25, 0.3) is 0 Å². The number of benzene rings is 1. The van der Waals surface area contributed by atoms with Gasteiger partial charge in [0.1, 0.15) is 4.88 Å². The van der Waals surface area contributed by atoms with Crippen molar-refractivity contribution in [1.29, 1.82) is 0 Å². The van der Waals surface area contributed by atoms with E-state index in [9.17, 15) is 22.8 Å². The summed E-state index contributed by atoms with van der Waals surface area (Å²) in [6, 6.07) is 6.68. The van der Waals surface area contributed by atoms with Crippen LogP contribution in [0.1, 0.15) is 20.0 Å². The quantitative estimate of drug-likeness (QED) is 0.738. The van der Waals surface area contributed by atoms with Gasteiger partial charge >= 0.3 is 11.9 Å². The molecule has 0 aliphatic carbocycles. The highest BCUT2D eigenvalue weighted by Gasteiger charge is 2.17. The van der Waals surface area contributed by atoms with E-state index < -0.39 is 34.3 Å². The largest absolute Gasteiger partial charge is 0.465 e. The fraction of sp³-hybridized carbons (Fsp3) is 0.188. The molecular formula is C16H15NO7S2. The Labute approximate surface area is 153 Å². The van der Waals surface area contributed by atoms with E-state index in [0.717, 1.165) is 17.6 Å². The molecule has 2 rings (SSSR count). The van der Waals surface area contributed by atoms with Crippen LogP contribution >= 0.6 is 11.3 Å². The van der Waals surface area contributed by atoms with Crippen LogP contribution < -0.4 is 5.32 Å². The summed E-state index contributed by atoms with van der Waals surface area (Å²) < 4.78 is 32.2. The molecule has 1 heterocycles. The normalized spacial score (nSPS) is 10.8. The third-order valence-corrected chi connectivity index (χ3v) is 5.19. The van der Waals surface area contributed by atoms with Crippen molar-refractivity contribution in [1.82, 2.24) is 0 Å². The number of hydrogen-bond acceptors (Lipinski definition) is 8. The zero-order valence-corrected chi connectivity index (χ0v) is 15.5. The van der Waals surface area contributed by atoms with Gasteiger partial charge in [0.25, 0.3) is 5.91 Å². The zero-order chi connectivity index (χ0) is 19.3. The van der Waals surface area contributed by atoms with Crippen molar-refractivity contribution < 1.29 is 32.3 Å². The topological polar surface area (TPSA) is 116 Å². The monoisotopic (exact) mass is 397 g/mol. The summed E-state index contributed by atoms with van der Waals surface area (Å²) in [6.45, 7) is -0.566. The number of amides is 1. The summed E-state index contributed by atoms with van der Waals surface area (Å²) in [4.78, 5) is 35.6. The first-order valence-corrected chi connectivity index (χ1v) is 9.92. The first-order valence-electron chi connectivity index (χ1n) is 7.15. The Morgan fingerprint density at radius 1 is 1.08 bits per heavy atom. The molecule has 8 nitrogen and oxygen atoms in total. The highest BCUT2D eigenvalue weighted by Crippen LogP contribution is 2.23. The van der Waals surface area contributed by atoms with Gasteiger partial charge in [0, 0.05) is 6.26 Å². The average Bonchev–Trinajstić information content (AvgIpc) is 3.06. The van der Waals surface area contributed by atoms with Crippen LogP contribution in [0.3, 0.4) is 0 Å². The van der Waals surface area contributed by atoms with Gasteiger partial charge in [-0.05, 0) is 35.7 Å².